The van der Waals surface area contributed by atoms with Gasteiger partial charge in [-0.25, -0.2) is 14.6 Å². The van der Waals surface area contributed by atoms with Crippen LogP contribution in [0.2, 0.25) is 0 Å². The number of nitrogens with zero attached hydrogens (tertiary/aromatic N) is 3. The number of nitrogens with one attached hydrogen (secondary N) is 1. The predicted octanol–water partition coefficient (Wildman–Crippen LogP) is 1.22. The molecule has 7 nitrogen and oxygen atoms in total. The highest BCUT2D eigenvalue weighted by Crippen LogP contribution is 2.31. The lowest BCUT2D eigenvalue weighted by Gasteiger charge is -2.39. The number of aromatic nitrogens is 2. The Morgan fingerprint density at radius 3 is 2.86 bits per heavy atom. The first kappa shape index (κ1) is 13.9. The van der Waals surface area contributed by atoms with Gasteiger partial charge in [0.1, 0.15) is 6.04 Å². The summed E-state index contributed by atoms with van der Waals surface area (Å²) in [5.41, 5.74) is 1.36. The quantitative estimate of drug-likeness (QED) is 0.814. The molecular weight excluding hydrogens is 272 g/mol. The number of urea groups is 1. The topological polar surface area (TPSA) is 89.5 Å². The largest absolute Gasteiger partial charge is 0.480 e. The van der Waals surface area contributed by atoms with Crippen molar-refractivity contribution in [2.75, 3.05) is 6.54 Å². The van der Waals surface area contributed by atoms with Crippen molar-refractivity contribution in [2.24, 2.45) is 0 Å². The molecule has 2 aliphatic rings. The molecule has 1 atom stereocenters. The zero-order valence-electron chi connectivity index (χ0n) is 12.3. The fourth-order valence-corrected chi connectivity index (χ4v) is 3.27. The van der Waals surface area contributed by atoms with Crippen LogP contribution in [0.5, 0.6) is 0 Å². The molecule has 0 saturated carbocycles. The highest BCUT2D eigenvalue weighted by atomic mass is 16.4. The molecule has 3 rings (SSSR count). The van der Waals surface area contributed by atoms with Crippen molar-refractivity contribution in [1.29, 1.82) is 0 Å². The zero-order chi connectivity index (χ0) is 15.2. The number of carbonyl (C=O) groups excluding carboxylic acids is 1. The smallest absolute Gasteiger partial charge is 0.326 e. The molecular formula is C14H20N4O3. The fourth-order valence-electron chi connectivity index (χ4n) is 3.27. The number of likely N-dealkylation sites (tertiary alicyclic amines) is 1. The Balaban J connectivity index is 1.89. The van der Waals surface area contributed by atoms with Crippen LogP contribution in [-0.2, 0) is 17.8 Å². The lowest BCUT2D eigenvalue weighted by Crippen LogP contribution is -2.56. The second-order valence-corrected chi connectivity index (χ2v) is 6.36. The van der Waals surface area contributed by atoms with Crippen molar-refractivity contribution in [3.05, 3.63) is 17.7 Å². The average molecular weight is 292 g/mol. The summed E-state index contributed by atoms with van der Waals surface area (Å²) in [7, 11) is 0. The van der Waals surface area contributed by atoms with Crippen LogP contribution in [0.3, 0.4) is 0 Å². The summed E-state index contributed by atoms with van der Waals surface area (Å²) in [6.07, 6.45) is 3.71. The minimum atomic E-state index is -0.978. The maximum Gasteiger partial charge on any atom is 0.326 e. The molecule has 0 radical (unpaired) electrons. The number of hydrogen-bond acceptors (Lipinski definition) is 3. The van der Waals surface area contributed by atoms with Crippen LogP contribution >= 0.6 is 0 Å². The third kappa shape index (κ3) is 2.26. The highest BCUT2D eigenvalue weighted by molar-refractivity contribution is 5.84. The Morgan fingerprint density at radius 1 is 1.48 bits per heavy atom. The number of amides is 2. The minimum absolute atomic E-state index is 0.190. The SMILES string of the molecule is CC1(C)CCCN1C(=O)N1Cc2[nH]cnc2CC1C(=O)O. The van der Waals surface area contributed by atoms with Crippen LogP contribution in [-0.4, -0.2) is 55.0 Å². The summed E-state index contributed by atoms with van der Waals surface area (Å²) in [5, 5.41) is 9.44. The molecule has 1 unspecified atom stereocenters. The highest BCUT2D eigenvalue weighted by Gasteiger charge is 2.43. The zero-order valence-corrected chi connectivity index (χ0v) is 12.3. The molecule has 1 aromatic heterocycles. The monoisotopic (exact) mass is 292 g/mol. The molecule has 2 aliphatic heterocycles. The Bertz CT molecular complexity index is 581. The molecule has 7 heteroatoms. The van der Waals surface area contributed by atoms with Crippen LogP contribution in [0.25, 0.3) is 0 Å². The molecule has 1 fully saturated rings. The van der Waals surface area contributed by atoms with E-state index in [1.54, 1.807) is 11.2 Å². The number of carboxylic acids is 1. The van der Waals surface area contributed by atoms with Gasteiger partial charge < -0.3 is 19.9 Å². The van der Waals surface area contributed by atoms with Gasteiger partial charge in [0.2, 0.25) is 0 Å². The summed E-state index contributed by atoms with van der Waals surface area (Å²) in [6, 6.07) is -1.03. The maximum absolute atomic E-state index is 12.8. The first-order valence-electron chi connectivity index (χ1n) is 7.22. The van der Waals surface area contributed by atoms with Crippen LogP contribution in [0.4, 0.5) is 4.79 Å². The standard InChI is InChI=1S/C14H20N4O3/c1-14(2)4-3-5-18(14)13(21)17-7-10-9(15-8-16-10)6-11(17)12(19)20/h8,11H,3-7H2,1-2H3,(H,15,16)(H,19,20). The number of H-pyrrole nitrogens is 1. The molecule has 1 aromatic rings. The average Bonchev–Trinajstić information content (AvgIpc) is 3.01. The summed E-state index contributed by atoms with van der Waals surface area (Å²) in [4.78, 5) is 34.7. The van der Waals surface area contributed by atoms with Gasteiger partial charge in [-0.1, -0.05) is 0 Å². The van der Waals surface area contributed by atoms with Gasteiger partial charge in [0.15, 0.2) is 0 Å². The molecule has 21 heavy (non-hydrogen) atoms. The van der Waals surface area contributed by atoms with Crippen LogP contribution < -0.4 is 0 Å². The van der Waals surface area contributed by atoms with E-state index in [1.165, 1.54) is 4.90 Å². The van der Waals surface area contributed by atoms with Crippen LogP contribution in [0.1, 0.15) is 38.1 Å². The van der Waals surface area contributed by atoms with E-state index in [2.05, 4.69) is 9.97 Å². The molecule has 114 valence electrons. The van der Waals surface area contributed by atoms with Crippen molar-refractivity contribution in [2.45, 2.75) is 51.2 Å². The fraction of sp³-hybridized carbons (Fsp3) is 0.643. The van der Waals surface area contributed by atoms with Crippen molar-refractivity contribution >= 4 is 12.0 Å². The molecule has 2 amide bonds. The molecule has 1 saturated heterocycles. The van der Waals surface area contributed by atoms with Crippen molar-refractivity contribution in [3.63, 3.8) is 0 Å². The Hall–Kier alpha value is -2.05. The Kier molecular flexibility index (Phi) is 3.15. The van der Waals surface area contributed by atoms with Crippen LogP contribution in [0.15, 0.2) is 6.33 Å². The molecule has 2 N–H and O–H groups in total. The van der Waals surface area contributed by atoms with Gasteiger partial charge in [0.25, 0.3) is 0 Å². The number of imidazole rings is 1. The van der Waals surface area contributed by atoms with Gasteiger partial charge in [-0.2, -0.15) is 0 Å². The van der Waals surface area contributed by atoms with Crippen molar-refractivity contribution in [1.82, 2.24) is 19.8 Å². The predicted molar refractivity (Wildman–Crippen MR) is 74.7 cm³/mol. The number of carbonyl (C=O) groups is 2. The van der Waals surface area contributed by atoms with E-state index in [9.17, 15) is 14.7 Å². The van der Waals surface area contributed by atoms with E-state index in [0.29, 0.717) is 6.54 Å². The third-order valence-electron chi connectivity index (χ3n) is 4.56. The van der Waals surface area contributed by atoms with E-state index < -0.39 is 12.0 Å². The van der Waals surface area contributed by atoms with Gasteiger partial charge in [-0.05, 0) is 26.7 Å². The Morgan fingerprint density at radius 2 is 2.24 bits per heavy atom. The molecule has 0 spiro atoms. The number of rotatable bonds is 1. The van der Waals surface area contributed by atoms with Gasteiger partial charge in [0.05, 0.1) is 24.3 Å². The number of aliphatic carboxylic acids is 1. The molecule has 0 aliphatic carbocycles. The Labute approximate surface area is 122 Å². The van der Waals surface area contributed by atoms with E-state index in [0.717, 1.165) is 24.2 Å². The summed E-state index contributed by atoms with van der Waals surface area (Å²) < 4.78 is 0. The summed E-state index contributed by atoms with van der Waals surface area (Å²) in [6.45, 7) is 5.01. The van der Waals surface area contributed by atoms with Crippen molar-refractivity contribution < 1.29 is 14.7 Å². The molecule has 0 aromatic carbocycles. The maximum atomic E-state index is 12.8. The minimum Gasteiger partial charge on any atom is -0.480 e. The summed E-state index contributed by atoms with van der Waals surface area (Å²) >= 11 is 0. The first-order valence-corrected chi connectivity index (χ1v) is 7.22. The first-order chi connectivity index (χ1) is 9.90. The van der Waals surface area contributed by atoms with Gasteiger partial charge in [0, 0.05) is 18.5 Å². The second-order valence-electron chi connectivity index (χ2n) is 6.36. The normalized spacial score (nSPS) is 24.0. The van der Waals surface area contributed by atoms with Gasteiger partial charge in [-0.3, -0.25) is 0 Å². The second kappa shape index (κ2) is 4.75. The molecule has 0 bridgehead atoms. The van der Waals surface area contributed by atoms with E-state index in [-0.39, 0.29) is 24.5 Å². The number of fused-ring (bicyclic) bond motifs is 1. The number of hydrogen-bond donors (Lipinski definition) is 2. The third-order valence-corrected chi connectivity index (χ3v) is 4.56. The van der Waals surface area contributed by atoms with E-state index in [1.807, 2.05) is 13.8 Å². The van der Waals surface area contributed by atoms with Crippen molar-refractivity contribution in [3.8, 4) is 0 Å². The van der Waals surface area contributed by atoms with Gasteiger partial charge >= 0.3 is 12.0 Å². The van der Waals surface area contributed by atoms with Crippen LogP contribution in [0, 0.1) is 0 Å². The van der Waals surface area contributed by atoms with Gasteiger partial charge in [-0.15, -0.1) is 0 Å². The lowest BCUT2D eigenvalue weighted by atomic mass is 10.0. The number of aromatic amines is 1. The lowest BCUT2D eigenvalue weighted by molar-refractivity contribution is -0.143. The van der Waals surface area contributed by atoms with E-state index >= 15 is 0 Å². The number of carboxylic acid groups (broad SMARTS) is 1. The molecule has 3 heterocycles. The van der Waals surface area contributed by atoms with E-state index in [4.69, 9.17) is 0 Å². The summed E-state index contributed by atoms with van der Waals surface area (Å²) in [5.74, 6) is -0.978.